The van der Waals surface area contributed by atoms with Gasteiger partial charge in [-0.25, -0.2) is 4.98 Å². The first kappa shape index (κ1) is 15.0. The number of aromatic nitrogens is 3. The normalized spacial score (nSPS) is 14.0. The molecule has 2 aromatic carbocycles. The molecule has 0 unspecified atom stereocenters. The third kappa shape index (κ3) is 2.19. The zero-order valence-corrected chi connectivity index (χ0v) is 14.4. The summed E-state index contributed by atoms with van der Waals surface area (Å²) < 4.78 is 5.46. The first-order chi connectivity index (χ1) is 12.7. The zero-order valence-electron chi connectivity index (χ0n) is 14.4. The van der Waals surface area contributed by atoms with Crippen LogP contribution in [-0.2, 0) is 13.0 Å². The van der Waals surface area contributed by atoms with Gasteiger partial charge in [0.05, 0.1) is 30.0 Å². The van der Waals surface area contributed by atoms with E-state index in [1.54, 1.807) is 13.4 Å². The quantitative estimate of drug-likeness (QED) is 0.585. The summed E-state index contributed by atoms with van der Waals surface area (Å²) in [5, 5.41) is 1.13. The number of methoxy groups -OCH3 is 1. The Morgan fingerprint density at radius 3 is 3.08 bits per heavy atom. The molecule has 2 aromatic heterocycles. The zero-order chi connectivity index (χ0) is 17.7. The summed E-state index contributed by atoms with van der Waals surface area (Å²) in [5.74, 6) is 0.879. The van der Waals surface area contributed by atoms with E-state index in [4.69, 9.17) is 4.74 Å². The first-order valence-corrected chi connectivity index (χ1v) is 8.63. The van der Waals surface area contributed by atoms with Crippen LogP contribution < -0.4 is 4.74 Å². The van der Waals surface area contributed by atoms with Crippen LogP contribution in [0, 0.1) is 0 Å². The number of imidazole rings is 1. The smallest absolute Gasteiger partial charge is 0.254 e. The van der Waals surface area contributed by atoms with Crippen molar-refractivity contribution in [1.82, 2.24) is 19.9 Å². The van der Waals surface area contributed by atoms with Gasteiger partial charge in [-0.15, -0.1) is 0 Å². The lowest BCUT2D eigenvalue weighted by atomic mass is 10.0. The number of carbonyl (C=O) groups excluding carboxylic acids is 1. The van der Waals surface area contributed by atoms with Gasteiger partial charge in [0.25, 0.3) is 5.91 Å². The molecule has 4 aromatic rings. The van der Waals surface area contributed by atoms with Gasteiger partial charge in [0, 0.05) is 41.7 Å². The summed E-state index contributed by atoms with van der Waals surface area (Å²) in [5.41, 5.74) is 5.81. The lowest BCUT2D eigenvalue weighted by Gasteiger charge is -2.27. The number of hydrogen-bond acceptors (Lipinski definition) is 3. The minimum Gasteiger partial charge on any atom is -0.495 e. The third-order valence-electron chi connectivity index (χ3n) is 5.15. The Hall–Kier alpha value is -3.28. The summed E-state index contributed by atoms with van der Waals surface area (Å²) in [6.45, 7) is 1.30. The number of ether oxygens (including phenoxy) is 1. The largest absolute Gasteiger partial charge is 0.495 e. The van der Waals surface area contributed by atoms with E-state index in [-0.39, 0.29) is 5.91 Å². The molecule has 130 valence electrons. The molecule has 0 atom stereocenters. The molecule has 0 radical (unpaired) electrons. The standard InChI is InChI=1S/C20H18N4O2/c1-26-18-4-2-3-13-14-10-24(8-7-15(14)23-19(13)18)20(25)12-5-6-16-17(9-12)22-11-21-16/h2-6,9,11,23H,7-8,10H2,1H3,(H,21,22). The number of nitrogens with one attached hydrogen (secondary N) is 2. The van der Waals surface area contributed by atoms with E-state index in [1.165, 1.54) is 11.3 Å². The molecular formula is C20H18N4O2. The van der Waals surface area contributed by atoms with Crippen LogP contribution >= 0.6 is 0 Å². The molecule has 5 rings (SSSR count). The number of fused-ring (bicyclic) bond motifs is 4. The molecule has 2 N–H and O–H groups in total. The highest BCUT2D eigenvalue weighted by Gasteiger charge is 2.25. The number of para-hydroxylation sites is 1. The minimum atomic E-state index is 0.0457. The molecule has 1 amide bonds. The molecule has 0 aliphatic carbocycles. The van der Waals surface area contributed by atoms with Gasteiger partial charge in [0.2, 0.25) is 0 Å². The van der Waals surface area contributed by atoms with Gasteiger partial charge in [-0.1, -0.05) is 12.1 Å². The van der Waals surface area contributed by atoms with Gasteiger partial charge in [-0.05, 0) is 24.3 Å². The average Bonchev–Trinajstić information content (AvgIpc) is 3.30. The number of carbonyl (C=O) groups is 1. The van der Waals surface area contributed by atoms with Gasteiger partial charge in [-0.3, -0.25) is 4.79 Å². The lowest BCUT2D eigenvalue weighted by Crippen LogP contribution is -2.35. The predicted octanol–water partition coefficient (Wildman–Crippen LogP) is 3.25. The summed E-state index contributed by atoms with van der Waals surface area (Å²) in [6, 6.07) is 11.6. The Kier molecular flexibility index (Phi) is 3.25. The third-order valence-corrected chi connectivity index (χ3v) is 5.15. The van der Waals surface area contributed by atoms with E-state index in [9.17, 15) is 4.79 Å². The second-order valence-electron chi connectivity index (χ2n) is 6.58. The van der Waals surface area contributed by atoms with Crippen molar-refractivity contribution in [2.45, 2.75) is 13.0 Å². The molecule has 1 aliphatic heterocycles. The number of H-pyrrole nitrogens is 2. The fourth-order valence-corrected chi connectivity index (χ4v) is 3.81. The van der Waals surface area contributed by atoms with Crippen molar-refractivity contribution in [3.05, 3.63) is 59.5 Å². The Morgan fingerprint density at radius 1 is 1.27 bits per heavy atom. The monoisotopic (exact) mass is 346 g/mol. The first-order valence-electron chi connectivity index (χ1n) is 8.63. The van der Waals surface area contributed by atoms with E-state index >= 15 is 0 Å². The van der Waals surface area contributed by atoms with E-state index in [0.717, 1.165) is 34.1 Å². The van der Waals surface area contributed by atoms with Crippen molar-refractivity contribution in [2.24, 2.45) is 0 Å². The van der Waals surface area contributed by atoms with Crippen molar-refractivity contribution >= 4 is 27.8 Å². The van der Waals surface area contributed by atoms with Crippen molar-refractivity contribution < 1.29 is 9.53 Å². The molecule has 6 nitrogen and oxygen atoms in total. The van der Waals surface area contributed by atoms with Crippen LogP contribution in [0.3, 0.4) is 0 Å². The maximum atomic E-state index is 13.0. The number of nitrogens with zero attached hydrogens (tertiary/aromatic N) is 2. The van der Waals surface area contributed by atoms with Crippen molar-refractivity contribution in [1.29, 1.82) is 0 Å². The Balaban J connectivity index is 1.50. The molecule has 26 heavy (non-hydrogen) atoms. The van der Waals surface area contributed by atoms with E-state index in [0.29, 0.717) is 18.7 Å². The van der Waals surface area contributed by atoms with Crippen LogP contribution in [0.5, 0.6) is 5.75 Å². The molecule has 6 heteroatoms. The maximum absolute atomic E-state index is 13.0. The number of amides is 1. The molecule has 1 aliphatic rings. The fraction of sp³-hybridized carbons (Fsp3) is 0.200. The lowest BCUT2D eigenvalue weighted by molar-refractivity contribution is 0.0735. The van der Waals surface area contributed by atoms with Crippen molar-refractivity contribution in [3.63, 3.8) is 0 Å². The van der Waals surface area contributed by atoms with Crippen LogP contribution in [0.25, 0.3) is 21.9 Å². The molecule has 0 fully saturated rings. The van der Waals surface area contributed by atoms with E-state index < -0.39 is 0 Å². The predicted molar refractivity (Wildman–Crippen MR) is 99.4 cm³/mol. The van der Waals surface area contributed by atoms with Crippen LogP contribution in [0.4, 0.5) is 0 Å². The molecule has 0 spiro atoms. The van der Waals surface area contributed by atoms with Crippen LogP contribution in [0.15, 0.2) is 42.7 Å². The molecular weight excluding hydrogens is 328 g/mol. The number of rotatable bonds is 2. The van der Waals surface area contributed by atoms with Crippen LogP contribution in [0.1, 0.15) is 21.6 Å². The van der Waals surface area contributed by atoms with Crippen LogP contribution in [0.2, 0.25) is 0 Å². The summed E-state index contributed by atoms with van der Waals surface area (Å²) in [4.78, 5) is 25.7. The highest BCUT2D eigenvalue weighted by atomic mass is 16.5. The fourth-order valence-electron chi connectivity index (χ4n) is 3.81. The molecule has 0 bridgehead atoms. The highest BCUT2D eigenvalue weighted by molar-refractivity contribution is 5.98. The van der Waals surface area contributed by atoms with Gasteiger partial charge in [0.1, 0.15) is 5.75 Å². The summed E-state index contributed by atoms with van der Waals surface area (Å²) in [6.07, 6.45) is 2.45. The maximum Gasteiger partial charge on any atom is 0.254 e. The molecule has 0 saturated carbocycles. The minimum absolute atomic E-state index is 0.0457. The van der Waals surface area contributed by atoms with Gasteiger partial charge < -0.3 is 19.6 Å². The molecule has 0 saturated heterocycles. The Bertz CT molecular complexity index is 1140. The number of hydrogen-bond donors (Lipinski definition) is 2. The number of aromatic amines is 2. The average molecular weight is 346 g/mol. The summed E-state index contributed by atoms with van der Waals surface area (Å²) in [7, 11) is 1.68. The second-order valence-corrected chi connectivity index (χ2v) is 6.58. The van der Waals surface area contributed by atoms with Crippen molar-refractivity contribution in [2.75, 3.05) is 13.7 Å². The highest BCUT2D eigenvalue weighted by Crippen LogP contribution is 2.33. The Labute approximate surface area is 149 Å². The van der Waals surface area contributed by atoms with Gasteiger partial charge >= 0.3 is 0 Å². The second kappa shape index (κ2) is 5.62. The van der Waals surface area contributed by atoms with Gasteiger partial charge in [0.15, 0.2) is 0 Å². The topological polar surface area (TPSA) is 74.0 Å². The van der Waals surface area contributed by atoms with Crippen molar-refractivity contribution in [3.8, 4) is 5.75 Å². The van der Waals surface area contributed by atoms with Crippen LogP contribution in [-0.4, -0.2) is 39.4 Å². The SMILES string of the molecule is COc1cccc2c3c([nH]c12)CCN(C(=O)c1ccc2nc[nH]c2c1)C3. The Morgan fingerprint density at radius 2 is 2.19 bits per heavy atom. The van der Waals surface area contributed by atoms with Gasteiger partial charge in [-0.2, -0.15) is 0 Å². The molecule has 3 heterocycles. The summed E-state index contributed by atoms with van der Waals surface area (Å²) >= 11 is 0. The number of benzene rings is 2. The van der Waals surface area contributed by atoms with E-state index in [1.807, 2.05) is 35.2 Å². The van der Waals surface area contributed by atoms with E-state index in [2.05, 4.69) is 21.0 Å².